The van der Waals surface area contributed by atoms with Crippen molar-refractivity contribution in [1.82, 2.24) is 4.98 Å². The maximum absolute atomic E-state index is 12.0. The predicted octanol–water partition coefficient (Wildman–Crippen LogP) is -1.58. The topological polar surface area (TPSA) is 152 Å². The summed E-state index contributed by atoms with van der Waals surface area (Å²) in [6.45, 7) is -0.570. The number of aromatic nitrogens is 1. The van der Waals surface area contributed by atoms with Crippen LogP contribution in [0.3, 0.4) is 0 Å². The zero-order valence-corrected chi connectivity index (χ0v) is 13.5. The summed E-state index contributed by atoms with van der Waals surface area (Å²) in [5, 5.41) is 20.3. The second kappa shape index (κ2) is 6.16. The zero-order chi connectivity index (χ0) is 17.6. The minimum absolute atomic E-state index is 0.195. The molecule has 0 bridgehead atoms. The van der Waals surface area contributed by atoms with Gasteiger partial charge < -0.3 is 29.7 Å². The van der Waals surface area contributed by atoms with Crippen molar-refractivity contribution in [3.8, 4) is 0 Å². The van der Waals surface area contributed by atoms with Crippen molar-refractivity contribution in [2.24, 2.45) is 0 Å². The van der Waals surface area contributed by atoms with Gasteiger partial charge in [-0.2, -0.15) is 4.58 Å². The van der Waals surface area contributed by atoms with Crippen molar-refractivity contribution >= 4 is 19.7 Å². The van der Waals surface area contributed by atoms with Crippen LogP contribution in [0.25, 0.3) is 0 Å². The summed E-state index contributed by atoms with van der Waals surface area (Å²) in [5.74, 6) is -0.524. The second-order valence-corrected chi connectivity index (χ2v) is 7.04. The first-order chi connectivity index (χ1) is 11.2. The van der Waals surface area contributed by atoms with Crippen molar-refractivity contribution in [1.29, 1.82) is 0 Å². The standard InChI is InChI=1S/C13H17N2O8P/c1-15-4-6(9-10(15)7(16)2-3-14-9)13-12(18)11(17)8(23-13)5-22-24(19,20)21/h2-4,6,8,11-13,17-18H,5H2,1H3,(H2-,14,16,19,20,21)/p+1. The van der Waals surface area contributed by atoms with Gasteiger partial charge in [-0.3, -0.25) is 9.32 Å². The number of hydrogen-bond donors (Lipinski definition) is 5. The molecular formula is C13H18N2O8P+. The third kappa shape index (κ3) is 3.09. The van der Waals surface area contributed by atoms with Gasteiger partial charge in [0.15, 0.2) is 6.21 Å². The smallest absolute Gasteiger partial charge is 0.388 e. The summed E-state index contributed by atoms with van der Waals surface area (Å²) in [4.78, 5) is 32.4. The molecule has 11 heteroatoms. The number of rotatable bonds is 4. The fourth-order valence-electron chi connectivity index (χ4n) is 3.13. The SMILES string of the molecule is C[N+]1=CC(C2OC(COP(=O)(O)O)C(O)C2O)c2[nH]ccc(=O)c21. The minimum atomic E-state index is -4.72. The third-order valence-electron chi connectivity index (χ3n) is 4.19. The monoisotopic (exact) mass is 361 g/mol. The van der Waals surface area contributed by atoms with Crippen molar-refractivity contribution in [3.63, 3.8) is 0 Å². The third-order valence-corrected chi connectivity index (χ3v) is 4.68. The molecule has 1 saturated heterocycles. The minimum Gasteiger partial charge on any atom is -0.388 e. The van der Waals surface area contributed by atoms with E-state index in [1.54, 1.807) is 17.8 Å². The van der Waals surface area contributed by atoms with Crippen LogP contribution in [0.4, 0.5) is 5.69 Å². The number of aromatic amines is 1. The van der Waals surface area contributed by atoms with Crippen LogP contribution < -0.4 is 5.43 Å². The van der Waals surface area contributed by atoms with Crippen molar-refractivity contribution in [2.45, 2.75) is 30.3 Å². The molecular weight excluding hydrogens is 343 g/mol. The molecule has 10 nitrogen and oxygen atoms in total. The summed E-state index contributed by atoms with van der Waals surface area (Å²) in [5.41, 5.74) is 0.764. The van der Waals surface area contributed by atoms with Crippen LogP contribution in [0.5, 0.6) is 0 Å². The van der Waals surface area contributed by atoms with Gasteiger partial charge in [-0.05, 0) is 0 Å². The van der Waals surface area contributed by atoms with Crippen LogP contribution in [-0.2, 0) is 13.8 Å². The molecule has 1 aromatic heterocycles. The van der Waals surface area contributed by atoms with E-state index in [0.717, 1.165) is 0 Å². The molecule has 5 N–H and O–H groups in total. The number of phosphoric acid groups is 1. The number of hydrogen-bond acceptors (Lipinski definition) is 6. The molecule has 0 saturated carbocycles. The molecule has 0 spiro atoms. The second-order valence-electron chi connectivity index (χ2n) is 5.80. The van der Waals surface area contributed by atoms with E-state index in [9.17, 15) is 19.6 Å². The summed E-state index contributed by atoms with van der Waals surface area (Å²) in [6, 6.07) is 1.38. The molecule has 0 aromatic carbocycles. The van der Waals surface area contributed by atoms with E-state index < -0.39 is 44.8 Å². The van der Waals surface area contributed by atoms with Crippen LogP contribution in [-0.4, -0.2) is 73.8 Å². The van der Waals surface area contributed by atoms with Gasteiger partial charge in [0.2, 0.25) is 0 Å². The molecule has 5 atom stereocenters. The normalized spacial score (nSPS) is 32.7. The molecule has 0 radical (unpaired) electrons. The first kappa shape index (κ1) is 17.4. The maximum Gasteiger partial charge on any atom is 0.469 e. The van der Waals surface area contributed by atoms with Gasteiger partial charge in [0.1, 0.15) is 43.1 Å². The number of aliphatic hydroxyl groups excluding tert-OH is 2. The lowest BCUT2D eigenvalue weighted by Crippen LogP contribution is -2.36. The number of nitrogens with zero attached hydrogens (tertiary/aromatic N) is 1. The highest BCUT2D eigenvalue weighted by Gasteiger charge is 2.50. The van der Waals surface area contributed by atoms with Crippen LogP contribution in [0, 0.1) is 0 Å². The van der Waals surface area contributed by atoms with E-state index in [2.05, 4.69) is 9.51 Å². The molecule has 1 fully saturated rings. The fraction of sp³-hybridized carbons (Fsp3) is 0.538. The molecule has 1 aromatic rings. The molecule has 0 aliphatic carbocycles. The lowest BCUT2D eigenvalue weighted by molar-refractivity contribution is -0.398. The van der Waals surface area contributed by atoms with E-state index in [4.69, 9.17) is 14.5 Å². The maximum atomic E-state index is 12.0. The Morgan fingerprint density at radius 1 is 1.38 bits per heavy atom. The molecule has 0 amide bonds. The Kier molecular flexibility index (Phi) is 4.47. The van der Waals surface area contributed by atoms with Gasteiger partial charge in [0.25, 0.3) is 11.1 Å². The Bertz CT molecular complexity index is 771. The Morgan fingerprint density at radius 2 is 2.08 bits per heavy atom. The van der Waals surface area contributed by atoms with Crippen LogP contribution in [0.1, 0.15) is 11.6 Å². The van der Waals surface area contributed by atoms with Crippen LogP contribution in [0.2, 0.25) is 0 Å². The lowest BCUT2D eigenvalue weighted by Gasteiger charge is -2.18. The number of ether oxygens (including phenoxy) is 1. The Labute approximate surface area is 136 Å². The summed E-state index contributed by atoms with van der Waals surface area (Å²) in [6.07, 6.45) is -1.52. The number of aliphatic hydroxyl groups is 2. The van der Waals surface area contributed by atoms with Gasteiger partial charge in [0, 0.05) is 12.3 Å². The van der Waals surface area contributed by atoms with Crippen LogP contribution >= 0.6 is 7.82 Å². The van der Waals surface area contributed by atoms with Gasteiger partial charge in [-0.1, -0.05) is 0 Å². The first-order valence-corrected chi connectivity index (χ1v) is 8.73. The molecule has 3 rings (SSSR count). The highest BCUT2D eigenvalue weighted by atomic mass is 31.2. The van der Waals surface area contributed by atoms with Gasteiger partial charge in [-0.25, -0.2) is 4.57 Å². The fourth-order valence-corrected chi connectivity index (χ4v) is 3.47. The Balaban J connectivity index is 1.83. The highest BCUT2D eigenvalue weighted by molar-refractivity contribution is 7.46. The average Bonchev–Trinajstić information content (AvgIpc) is 2.96. The molecule has 2 aliphatic rings. The highest BCUT2D eigenvalue weighted by Crippen LogP contribution is 2.39. The van der Waals surface area contributed by atoms with E-state index in [1.165, 1.54) is 12.3 Å². The molecule has 2 aliphatic heterocycles. The number of fused-ring (bicyclic) bond motifs is 1. The quantitative estimate of drug-likeness (QED) is 0.318. The lowest BCUT2D eigenvalue weighted by atomic mass is 9.94. The van der Waals surface area contributed by atoms with Gasteiger partial charge >= 0.3 is 7.82 Å². The van der Waals surface area contributed by atoms with E-state index in [1.807, 2.05) is 0 Å². The molecule has 24 heavy (non-hydrogen) atoms. The summed E-state index contributed by atoms with van der Waals surface area (Å²) >= 11 is 0. The number of pyridine rings is 1. The molecule has 3 heterocycles. The number of phosphoric ester groups is 1. The summed E-state index contributed by atoms with van der Waals surface area (Å²) in [7, 11) is -3.03. The van der Waals surface area contributed by atoms with Crippen LogP contribution in [0.15, 0.2) is 17.1 Å². The largest absolute Gasteiger partial charge is 0.469 e. The van der Waals surface area contributed by atoms with Crippen molar-refractivity contribution in [2.75, 3.05) is 13.7 Å². The predicted molar refractivity (Wildman–Crippen MR) is 80.4 cm³/mol. The van der Waals surface area contributed by atoms with Gasteiger partial charge in [-0.15, -0.1) is 0 Å². The molecule has 5 unspecified atom stereocenters. The van der Waals surface area contributed by atoms with E-state index in [0.29, 0.717) is 11.4 Å². The van der Waals surface area contributed by atoms with Crippen molar-refractivity contribution < 1.29 is 38.4 Å². The Morgan fingerprint density at radius 3 is 2.75 bits per heavy atom. The van der Waals surface area contributed by atoms with Gasteiger partial charge in [0.05, 0.1) is 6.61 Å². The first-order valence-electron chi connectivity index (χ1n) is 7.20. The molecule has 132 valence electrons. The average molecular weight is 361 g/mol. The van der Waals surface area contributed by atoms with Crippen molar-refractivity contribution in [3.05, 3.63) is 28.2 Å². The summed E-state index contributed by atoms with van der Waals surface area (Å²) < 4.78 is 22.3. The zero-order valence-electron chi connectivity index (χ0n) is 12.6. The number of nitrogens with one attached hydrogen (secondary N) is 1. The number of H-pyrrole nitrogens is 1. The van der Waals surface area contributed by atoms with E-state index in [-0.39, 0.29) is 5.43 Å². The van der Waals surface area contributed by atoms with E-state index >= 15 is 0 Å². The Hall–Kier alpha value is -1.39.